The fourth-order valence-corrected chi connectivity index (χ4v) is 2.81. The summed E-state index contributed by atoms with van der Waals surface area (Å²) < 4.78 is 1.05. The normalized spacial score (nSPS) is 10.5. The van der Waals surface area contributed by atoms with Crippen molar-refractivity contribution in [2.24, 2.45) is 0 Å². The smallest absolute Gasteiger partial charge is 0.0613 e. The molecule has 2 N–H and O–H groups in total. The fraction of sp³-hybridized carbons (Fsp3) is 0. The molecule has 0 aliphatic heterocycles. The average Bonchev–Trinajstić information content (AvgIpc) is 2.29. The number of nitrogens with two attached hydrogens (primary N) is 1. The van der Waals surface area contributed by atoms with Crippen molar-refractivity contribution in [1.29, 1.82) is 0 Å². The molecule has 1 nitrogen and oxygen atoms in total. The van der Waals surface area contributed by atoms with Crippen LogP contribution in [0.1, 0.15) is 0 Å². The zero-order valence-electron chi connectivity index (χ0n) is 8.58. The summed E-state index contributed by atoms with van der Waals surface area (Å²) in [6, 6.07) is 11.4. The van der Waals surface area contributed by atoms with Gasteiger partial charge in [-0.1, -0.05) is 50.9 Å². The standard InChI is InChI=1S/C12H8BrCl2NS/c13-7-1-3-8(4-2-7)17-12-6-10(15)9(14)5-11(12)16/h1-6H,16H2. The Morgan fingerprint density at radius 1 is 1.00 bits per heavy atom. The molecule has 17 heavy (non-hydrogen) atoms. The predicted molar refractivity (Wildman–Crippen MR) is 79.1 cm³/mol. The summed E-state index contributed by atoms with van der Waals surface area (Å²) in [5, 5.41) is 0.991. The molecule has 2 rings (SSSR count). The van der Waals surface area contributed by atoms with E-state index in [1.807, 2.05) is 24.3 Å². The van der Waals surface area contributed by atoms with Crippen molar-refractivity contribution in [3.63, 3.8) is 0 Å². The minimum atomic E-state index is 0.476. The van der Waals surface area contributed by atoms with E-state index in [-0.39, 0.29) is 0 Å². The molecule has 0 spiro atoms. The number of hydrogen-bond donors (Lipinski definition) is 1. The Morgan fingerprint density at radius 2 is 1.59 bits per heavy atom. The Hall–Kier alpha value is -0.350. The molecule has 2 aromatic carbocycles. The van der Waals surface area contributed by atoms with Gasteiger partial charge in [0.2, 0.25) is 0 Å². The molecular weight excluding hydrogens is 341 g/mol. The second-order valence-electron chi connectivity index (χ2n) is 3.36. The molecule has 0 saturated carbocycles. The highest BCUT2D eigenvalue weighted by Crippen LogP contribution is 2.37. The maximum absolute atomic E-state index is 5.97. The van der Waals surface area contributed by atoms with Gasteiger partial charge in [0, 0.05) is 20.0 Å². The first kappa shape index (κ1) is 13.1. The summed E-state index contributed by atoms with van der Waals surface area (Å²) in [7, 11) is 0. The summed E-state index contributed by atoms with van der Waals surface area (Å²) in [6.45, 7) is 0. The first-order valence-corrected chi connectivity index (χ1v) is 7.11. The predicted octanol–water partition coefficient (Wildman–Crippen LogP) is 5.49. The Morgan fingerprint density at radius 3 is 2.24 bits per heavy atom. The van der Waals surface area contributed by atoms with E-state index < -0.39 is 0 Å². The van der Waals surface area contributed by atoms with Crippen LogP contribution < -0.4 is 5.73 Å². The van der Waals surface area contributed by atoms with Crippen molar-refractivity contribution in [3.8, 4) is 0 Å². The average molecular weight is 349 g/mol. The molecule has 0 aliphatic carbocycles. The van der Waals surface area contributed by atoms with Gasteiger partial charge >= 0.3 is 0 Å². The van der Waals surface area contributed by atoms with Gasteiger partial charge in [0.1, 0.15) is 0 Å². The van der Waals surface area contributed by atoms with Gasteiger partial charge in [-0.15, -0.1) is 0 Å². The topological polar surface area (TPSA) is 26.0 Å². The molecule has 0 fully saturated rings. The van der Waals surface area contributed by atoms with E-state index in [0.717, 1.165) is 14.3 Å². The van der Waals surface area contributed by atoms with Gasteiger partial charge in [0.05, 0.1) is 10.0 Å². The zero-order valence-corrected chi connectivity index (χ0v) is 12.5. The SMILES string of the molecule is Nc1cc(Cl)c(Cl)cc1Sc1ccc(Br)cc1. The van der Waals surface area contributed by atoms with E-state index >= 15 is 0 Å². The second-order valence-corrected chi connectivity index (χ2v) is 6.21. The number of nitrogen functional groups attached to an aromatic ring is 1. The lowest BCUT2D eigenvalue weighted by atomic mass is 10.3. The van der Waals surface area contributed by atoms with Gasteiger partial charge in [-0.25, -0.2) is 0 Å². The van der Waals surface area contributed by atoms with Gasteiger partial charge < -0.3 is 5.73 Å². The molecule has 0 bridgehead atoms. The molecule has 0 radical (unpaired) electrons. The fourth-order valence-electron chi connectivity index (χ4n) is 1.26. The van der Waals surface area contributed by atoms with E-state index in [4.69, 9.17) is 28.9 Å². The molecule has 0 heterocycles. The van der Waals surface area contributed by atoms with Crippen LogP contribution in [0.5, 0.6) is 0 Å². The van der Waals surface area contributed by atoms with Gasteiger partial charge in [-0.3, -0.25) is 0 Å². The third kappa shape index (κ3) is 3.32. The lowest BCUT2D eigenvalue weighted by Gasteiger charge is -2.07. The first-order valence-electron chi connectivity index (χ1n) is 4.74. The largest absolute Gasteiger partial charge is 0.398 e. The highest BCUT2D eigenvalue weighted by molar-refractivity contribution is 9.10. The van der Waals surface area contributed by atoms with E-state index in [1.165, 1.54) is 0 Å². The lowest BCUT2D eigenvalue weighted by Crippen LogP contribution is -1.88. The van der Waals surface area contributed by atoms with Gasteiger partial charge in [0.15, 0.2) is 0 Å². The number of benzene rings is 2. The van der Waals surface area contributed by atoms with Crippen LogP contribution in [0.3, 0.4) is 0 Å². The molecule has 88 valence electrons. The van der Waals surface area contributed by atoms with E-state index in [1.54, 1.807) is 23.9 Å². The molecule has 0 aliphatic rings. The zero-order chi connectivity index (χ0) is 12.4. The summed E-state index contributed by atoms with van der Waals surface area (Å²) in [5.41, 5.74) is 6.53. The minimum Gasteiger partial charge on any atom is -0.398 e. The highest BCUT2D eigenvalue weighted by atomic mass is 79.9. The van der Waals surface area contributed by atoms with Gasteiger partial charge in [-0.05, 0) is 36.4 Å². The van der Waals surface area contributed by atoms with Crippen molar-refractivity contribution in [3.05, 3.63) is 50.9 Å². The van der Waals surface area contributed by atoms with Crippen LogP contribution in [0.25, 0.3) is 0 Å². The van der Waals surface area contributed by atoms with Crippen molar-refractivity contribution in [1.82, 2.24) is 0 Å². The summed E-state index contributed by atoms with van der Waals surface area (Å²) in [4.78, 5) is 2.00. The molecule has 2 aromatic rings. The van der Waals surface area contributed by atoms with Gasteiger partial charge in [-0.2, -0.15) is 0 Å². The Balaban J connectivity index is 2.30. The van der Waals surface area contributed by atoms with E-state index in [9.17, 15) is 0 Å². The number of halogens is 3. The summed E-state index contributed by atoms with van der Waals surface area (Å²) >= 11 is 16.8. The van der Waals surface area contributed by atoms with Crippen LogP contribution in [-0.2, 0) is 0 Å². The van der Waals surface area contributed by atoms with Crippen LogP contribution >= 0.6 is 50.9 Å². The number of hydrogen-bond acceptors (Lipinski definition) is 2. The molecule has 0 atom stereocenters. The Kier molecular flexibility index (Phi) is 4.26. The minimum absolute atomic E-state index is 0.476. The number of anilines is 1. The van der Waals surface area contributed by atoms with Crippen LogP contribution in [-0.4, -0.2) is 0 Å². The third-order valence-corrected chi connectivity index (χ3v) is 4.43. The Bertz CT molecular complexity index is 543. The summed E-state index contributed by atoms with van der Waals surface area (Å²) in [5.74, 6) is 0. The number of rotatable bonds is 2. The van der Waals surface area contributed by atoms with Crippen LogP contribution in [0.15, 0.2) is 50.7 Å². The third-order valence-electron chi connectivity index (χ3n) is 2.09. The van der Waals surface area contributed by atoms with Crippen molar-refractivity contribution in [2.45, 2.75) is 9.79 Å². The van der Waals surface area contributed by atoms with E-state index in [0.29, 0.717) is 15.7 Å². The van der Waals surface area contributed by atoms with Crippen LogP contribution in [0.4, 0.5) is 5.69 Å². The van der Waals surface area contributed by atoms with Gasteiger partial charge in [0.25, 0.3) is 0 Å². The van der Waals surface area contributed by atoms with Crippen molar-refractivity contribution in [2.75, 3.05) is 5.73 Å². The molecule has 0 saturated heterocycles. The monoisotopic (exact) mass is 347 g/mol. The van der Waals surface area contributed by atoms with E-state index in [2.05, 4.69) is 15.9 Å². The van der Waals surface area contributed by atoms with Crippen LogP contribution in [0, 0.1) is 0 Å². The van der Waals surface area contributed by atoms with Crippen LogP contribution in [0.2, 0.25) is 10.0 Å². The quantitative estimate of drug-likeness (QED) is 0.726. The maximum atomic E-state index is 5.97. The first-order chi connectivity index (χ1) is 8.06. The lowest BCUT2D eigenvalue weighted by molar-refractivity contribution is 1.40. The Labute approximate surface area is 122 Å². The molecule has 0 amide bonds. The van der Waals surface area contributed by atoms with Crippen molar-refractivity contribution >= 4 is 56.6 Å². The molecular formula is C12H8BrCl2NS. The summed E-state index contributed by atoms with van der Waals surface area (Å²) in [6.07, 6.45) is 0. The van der Waals surface area contributed by atoms with Crippen molar-refractivity contribution < 1.29 is 0 Å². The molecule has 0 aromatic heterocycles. The molecule has 5 heteroatoms. The highest BCUT2D eigenvalue weighted by Gasteiger charge is 2.06. The second kappa shape index (κ2) is 5.53. The molecule has 0 unspecified atom stereocenters. The maximum Gasteiger partial charge on any atom is 0.0613 e.